The Labute approximate surface area is 187 Å². The molecule has 1 saturated heterocycles. The highest BCUT2D eigenvalue weighted by atomic mass is 32.2. The standard InChI is InChI=1S/C24H24N4O3S/c1-17-15-23(26-27(17)2)24(29)28-13-11-22(12-14-28)32(30,31)21-9-7-20(8-10-21)19-5-3-18(16-25)4-6-19/h3-10,15,22H,11-14H2,1-2H3. The normalized spacial score (nSPS) is 14.8. The van der Waals surface area contributed by atoms with Gasteiger partial charge < -0.3 is 4.90 Å². The maximum Gasteiger partial charge on any atom is 0.274 e. The maximum atomic E-state index is 13.2. The molecule has 1 aromatic heterocycles. The van der Waals surface area contributed by atoms with Gasteiger partial charge in [0, 0.05) is 25.8 Å². The molecule has 0 unspecified atom stereocenters. The Morgan fingerprint density at radius 2 is 1.59 bits per heavy atom. The summed E-state index contributed by atoms with van der Waals surface area (Å²) in [6.07, 6.45) is 0.800. The van der Waals surface area contributed by atoms with E-state index in [2.05, 4.69) is 11.2 Å². The van der Waals surface area contributed by atoms with Crippen LogP contribution in [0.2, 0.25) is 0 Å². The first-order valence-corrected chi connectivity index (χ1v) is 12.0. The minimum Gasteiger partial charge on any atom is -0.337 e. The molecular formula is C24H24N4O3S. The van der Waals surface area contributed by atoms with Gasteiger partial charge in [-0.25, -0.2) is 8.42 Å². The van der Waals surface area contributed by atoms with Crippen LogP contribution in [-0.2, 0) is 16.9 Å². The number of carbonyl (C=O) groups is 1. The minimum atomic E-state index is -3.49. The zero-order valence-electron chi connectivity index (χ0n) is 18.0. The summed E-state index contributed by atoms with van der Waals surface area (Å²) in [5.41, 5.74) is 3.68. The monoisotopic (exact) mass is 448 g/mol. The number of aromatic nitrogens is 2. The summed E-state index contributed by atoms with van der Waals surface area (Å²) in [6.45, 7) is 2.67. The molecule has 0 aliphatic carbocycles. The van der Waals surface area contributed by atoms with Gasteiger partial charge in [0.25, 0.3) is 5.91 Å². The van der Waals surface area contributed by atoms with Crippen molar-refractivity contribution >= 4 is 15.7 Å². The predicted molar refractivity (Wildman–Crippen MR) is 121 cm³/mol. The first-order valence-electron chi connectivity index (χ1n) is 10.4. The van der Waals surface area contributed by atoms with Gasteiger partial charge in [0.1, 0.15) is 0 Å². The molecule has 8 heteroatoms. The van der Waals surface area contributed by atoms with E-state index in [9.17, 15) is 13.2 Å². The molecule has 1 fully saturated rings. The Morgan fingerprint density at radius 1 is 1.03 bits per heavy atom. The summed E-state index contributed by atoms with van der Waals surface area (Å²) in [5, 5.41) is 12.6. The second-order valence-corrected chi connectivity index (χ2v) is 10.3. The number of nitriles is 1. The van der Waals surface area contributed by atoms with Crippen LogP contribution >= 0.6 is 0 Å². The third-order valence-corrected chi connectivity index (χ3v) is 8.31. The molecule has 3 aromatic rings. The third kappa shape index (κ3) is 4.16. The van der Waals surface area contributed by atoms with Crippen LogP contribution in [0, 0.1) is 18.3 Å². The smallest absolute Gasteiger partial charge is 0.274 e. The first kappa shape index (κ1) is 21.8. The molecule has 2 heterocycles. The van der Waals surface area contributed by atoms with Crippen molar-refractivity contribution < 1.29 is 13.2 Å². The van der Waals surface area contributed by atoms with Crippen molar-refractivity contribution in [2.75, 3.05) is 13.1 Å². The molecule has 164 valence electrons. The second-order valence-electron chi connectivity index (χ2n) is 8.04. The predicted octanol–water partition coefficient (Wildman–Crippen LogP) is 3.35. The van der Waals surface area contributed by atoms with Crippen LogP contribution < -0.4 is 0 Å². The number of nitrogens with zero attached hydrogens (tertiary/aromatic N) is 4. The van der Waals surface area contributed by atoms with Gasteiger partial charge in [-0.05, 0) is 61.2 Å². The zero-order valence-corrected chi connectivity index (χ0v) is 18.8. The zero-order chi connectivity index (χ0) is 22.9. The lowest BCUT2D eigenvalue weighted by Crippen LogP contribution is -2.42. The summed E-state index contributed by atoms with van der Waals surface area (Å²) in [5.74, 6) is -0.156. The van der Waals surface area contributed by atoms with Crippen LogP contribution in [0.1, 0.15) is 34.6 Å². The Morgan fingerprint density at radius 3 is 2.09 bits per heavy atom. The van der Waals surface area contributed by atoms with E-state index in [1.807, 2.05) is 19.1 Å². The Bertz CT molecular complexity index is 1260. The van der Waals surface area contributed by atoms with Gasteiger partial charge in [-0.15, -0.1) is 0 Å². The van der Waals surface area contributed by atoms with Gasteiger partial charge in [0.15, 0.2) is 15.5 Å². The fraction of sp³-hybridized carbons (Fsp3) is 0.292. The first-order chi connectivity index (χ1) is 15.3. The van der Waals surface area contributed by atoms with Crippen molar-refractivity contribution in [1.82, 2.24) is 14.7 Å². The minimum absolute atomic E-state index is 0.156. The summed E-state index contributed by atoms with van der Waals surface area (Å²) in [6, 6.07) is 17.8. The topological polar surface area (TPSA) is 96.1 Å². The lowest BCUT2D eigenvalue weighted by atomic mass is 10.0. The molecule has 7 nitrogen and oxygen atoms in total. The Hall–Kier alpha value is -3.44. The number of amides is 1. The maximum absolute atomic E-state index is 13.2. The molecule has 4 rings (SSSR count). The highest BCUT2D eigenvalue weighted by Gasteiger charge is 2.33. The van der Waals surface area contributed by atoms with Crippen LogP contribution in [0.4, 0.5) is 0 Å². The largest absolute Gasteiger partial charge is 0.337 e. The van der Waals surface area contributed by atoms with Gasteiger partial charge in [-0.2, -0.15) is 10.4 Å². The van der Waals surface area contributed by atoms with Gasteiger partial charge >= 0.3 is 0 Å². The molecule has 1 amide bonds. The number of rotatable bonds is 4. The van der Waals surface area contributed by atoms with E-state index < -0.39 is 15.1 Å². The molecule has 2 aromatic carbocycles. The average Bonchev–Trinajstić information content (AvgIpc) is 3.17. The lowest BCUT2D eigenvalue weighted by Gasteiger charge is -2.31. The van der Waals surface area contributed by atoms with Gasteiger partial charge in [0.2, 0.25) is 0 Å². The fourth-order valence-electron chi connectivity index (χ4n) is 3.96. The number of carbonyl (C=O) groups excluding carboxylic acids is 1. The second kappa shape index (κ2) is 8.60. The molecule has 0 radical (unpaired) electrons. The summed E-state index contributed by atoms with van der Waals surface area (Å²) < 4.78 is 28.0. The van der Waals surface area contributed by atoms with Crippen LogP contribution in [0.5, 0.6) is 0 Å². The van der Waals surface area contributed by atoms with Crippen LogP contribution in [0.25, 0.3) is 11.1 Å². The number of sulfone groups is 1. The molecule has 1 aliphatic heterocycles. The van der Waals surface area contributed by atoms with Crippen molar-refractivity contribution in [2.45, 2.75) is 29.9 Å². The molecular weight excluding hydrogens is 424 g/mol. The van der Waals surface area contributed by atoms with Crippen LogP contribution in [0.15, 0.2) is 59.5 Å². The van der Waals surface area contributed by atoms with E-state index >= 15 is 0 Å². The summed E-state index contributed by atoms with van der Waals surface area (Å²) in [7, 11) is -1.70. The number of likely N-dealkylation sites (tertiary alicyclic amines) is 1. The number of aryl methyl sites for hydroxylation is 2. The van der Waals surface area contributed by atoms with Crippen molar-refractivity contribution in [1.29, 1.82) is 5.26 Å². The average molecular weight is 449 g/mol. The van der Waals surface area contributed by atoms with Crippen molar-refractivity contribution in [3.63, 3.8) is 0 Å². The number of benzene rings is 2. The van der Waals surface area contributed by atoms with Gasteiger partial charge in [-0.1, -0.05) is 24.3 Å². The number of hydrogen-bond donors (Lipinski definition) is 0. The van der Waals surface area contributed by atoms with E-state index in [0.29, 0.717) is 42.1 Å². The molecule has 1 aliphatic rings. The van der Waals surface area contributed by atoms with Gasteiger partial charge in [0.05, 0.1) is 21.8 Å². The van der Waals surface area contributed by atoms with E-state index in [0.717, 1.165) is 16.8 Å². The quantitative estimate of drug-likeness (QED) is 0.610. The molecule has 0 spiro atoms. The molecule has 0 saturated carbocycles. The highest BCUT2D eigenvalue weighted by molar-refractivity contribution is 7.92. The van der Waals surface area contributed by atoms with E-state index in [1.54, 1.807) is 59.1 Å². The van der Waals surface area contributed by atoms with Crippen molar-refractivity contribution in [3.05, 3.63) is 71.5 Å². The van der Waals surface area contributed by atoms with Crippen molar-refractivity contribution in [2.24, 2.45) is 7.05 Å². The lowest BCUT2D eigenvalue weighted by molar-refractivity contribution is 0.0719. The van der Waals surface area contributed by atoms with Crippen molar-refractivity contribution in [3.8, 4) is 17.2 Å². The number of piperidine rings is 1. The van der Waals surface area contributed by atoms with Crippen LogP contribution in [0.3, 0.4) is 0 Å². The molecule has 0 atom stereocenters. The van der Waals surface area contributed by atoms with E-state index in [-0.39, 0.29) is 5.91 Å². The SMILES string of the molecule is Cc1cc(C(=O)N2CCC(S(=O)(=O)c3ccc(-c4ccc(C#N)cc4)cc3)CC2)nn1C. The molecule has 0 N–H and O–H groups in total. The molecule has 0 bridgehead atoms. The van der Waals surface area contributed by atoms with Gasteiger partial charge in [-0.3, -0.25) is 9.48 Å². The summed E-state index contributed by atoms with van der Waals surface area (Å²) >= 11 is 0. The highest BCUT2D eigenvalue weighted by Crippen LogP contribution is 2.28. The summed E-state index contributed by atoms with van der Waals surface area (Å²) in [4.78, 5) is 14.7. The van der Waals surface area contributed by atoms with E-state index in [4.69, 9.17) is 5.26 Å². The number of hydrogen-bond acceptors (Lipinski definition) is 5. The van der Waals surface area contributed by atoms with E-state index in [1.165, 1.54) is 0 Å². The fourth-order valence-corrected chi connectivity index (χ4v) is 5.69. The van der Waals surface area contributed by atoms with Crippen LogP contribution in [-0.4, -0.2) is 47.3 Å². The Kier molecular flexibility index (Phi) is 5.85. The third-order valence-electron chi connectivity index (χ3n) is 6.03. The molecule has 32 heavy (non-hydrogen) atoms. The Balaban J connectivity index is 1.44.